The van der Waals surface area contributed by atoms with Crippen LogP contribution in [-0.2, 0) is 4.74 Å². The molecule has 3 nitrogen and oxygen atoms in total. The van der Waals surface area contributed by atoms with Crippen LogP contribution in [0.3, 0.4) is 0 Å². The zero-order chi connectivity index (χ0) is 13.5. The number of hydrogen-bond donors (Lipinski definition) is 0. The number of rotatable bonds is 6. The first-order valence-corrected chi connectivity index (χ1v) is 6.24. The number of amides is 1. The molecule has 0 spiro atoms. The fourth-order valence-electron chi connectivity index (χ4n) is 1.60. The van der Waals surface area contributed by atoms with Crippen LogP contribution in [0.5, 0.6) is 0 Å². The van der Waals surface area contributed by atoms with Crippen LogP contribution in [0.4, 0.5) is 4.39 Å². The van der Waals surface area contributed by atoms with Gasteiger partial charge in [-0.05, 0) is 18.6 Å². The zero-order valence-corrected chi connectivity index (χ0v) is 11.3. The van der Waals surface area contributed by atoms with Crippen molar-refractivity contribution in [2.45, 2.75) is 6.92 Å². The smallest absolute Gasteiger partial charge is 0.256 e. The minimum atomic E-state index is -0.473. The monoisotopic (exact) mass is 273 g/mol. The highest BCUT2D eigenvalue weighted by molar-refractivity contribution is 6.18. The third-order valence-corrected chi connectivity index (χ3v) is 2.80. The minimum absolute atomic E-state index is 0.0798. The highest BCUT2D eigenvalue weighted by atomic mass is 35.5. The summed E-state index contributed by atoms with van der Waals surface area (Å²) in [4.78, 5) is 13.7. The van der Waals surface area contributed by atoms with E-state index in [1.807, 2.05) is 0 Å². The molecule has 0 heterocycles. The SMILES string of the molecule is COCCN(CCCl)C(=O)c1cccc(C)c1F. The van der Waals surface area contributed by atoms with Crippen LogP contribution in [-0.4, -0.2) is 43.5 Å². The second kappa shape index (κ2) is 7.34. The van der Waals surface area contributed by atoms with Crippen molar-refractivity contribution >= 4 is 17.5 Å². The molecule has 0 aromatic heterocycles. The number of carbonyl (C=O) groups is 1. The molecule has 0 saturated heterocycles. The van der Waals surface area contributed by atoms with E-state index in [1.54, 1.807) is 26.2 Å². The van der Waals surface area contributed by atoms with E-state index in [0.717, 1.165) is 0 Å². The van der Waals surface area contributed by atoms with Gasteiger partial charge in [0.1, 0.15) is 5.82 Å². The number of aryl methyl sites for hydroxylation is 1. The van der Waals surface area contributed by atoms with Crippen LogP contribution < -0.4 is 0 Å². The van der Waals surface area contributed by atoms with Gasteiger partial charge in [-0.15, -0.1) is 11.6 Å². The topological polar surface area (TPSA) is 29.5 Å². The summed E-state index contributed by atoms with van der Waals surface area (Å²) in [6.45, 7) is 2.80. The van der Waals surface area contributed by atoms with Gasteiger partial charge >= 0.3 is 0 Å². The van der Waals surface area contributed by atoms with Crippen molar-refractivity contribution in [2.75, 3.05) is 32.7 Å². The summed E-state index contributed by atoms with van der Waals surface area (Å²) in [5.41, 5.74) is 0.537. The van der Waals surface area contributed by atoms with E-state index in [-0.39, 0.29) is 11.5 Å². The van der Waals surface area contributed by atoms with Crippen molar-refractivity contribution in [1.29, 1.82) is 0 Å². The van der Waals surface area contributed by atoms with Gasteiger partial charge in [0.25, 0.3) is 5.91 Å². The standard InChI is InChI=1S/C13H17ClFNO2/c1-10-4-3-5-11(12(10)15)13(17)16(7-6-14)8-9-18-2/h3-5H,6-9H2,1-2H3. The predicted molar refractivity (Wildman–Crippen MR) is 69.6 cm³/mol. The number of hydrogen-bond acceptors (Lipinski definition) is 2. The predicted octanol–water partition coefficient (Wildman–Crippen LogP) is 2.46. The molecule has 0 aliphatic heterocycles. The normalized spacial score (nSPS) is 10.4. The molecular weight excluding hydrogens is 257 g/mol. The minimum Gasteiger partial charge on any atom is -0.383 e. The van der Waals surface area contributed by atoms with E-state index >= 15 is 0 Å². The van der Waals surface area contributed by atoms with Crippen molar-refractivity contribution in [1.82, 2.24) is 4.90 Å². The lowest BCUT2D eigenvalue weighted by Gasteiger charge is -2.21. The third kappa shape index (κ3) is 3.68. The first kappa shape index (κ1) is 14.9. The lowest BCUT2D eigenvalue weighted by Crippen LogP contribution is -2.36. The Morgan fingerprint density at radius 1 is 1.44 bits per heavy atom. The van der Waals surface area contributed by atoms with Crippen molar-refractivity contribution in [3.63, 3.8) is 0 Å². The summed E-state index contributed by atoms with van der Waals surface area (Å²) in [6, 6.07) is 4.78. The number of benzene rings is 1. The highest BCUT2D eigenvalue weighted by Crippen LogP contribution is 2.14. The van der Waals surface area contributed by atoms with Crippen LogP contribution in [0.15, 0.2) is 18.2 Å². The quantitative estimate of drug-likeness (QED) is 0.745. The van der Waals surface area contributed by atoms with Crippen LogP contribution >= 0.6 is 11.6 Å². The Hall–Kier alpha value is -1.13. The summed E-state index contributed by atoms with van der Waals surface area (Å²) < 4.78 is 18.8. The van der Waals surface area contributed by atoms with E-state index < -0.39 is 5.82 Å². The van der Waals surface area contributed by atoms with Gasteiger partial charge in [0.15, 0.2) is 0 Å². The second-order valence-corrected chi connectivity index (χ2v) is 4.29. The Bertz CT molecular complexity index is 412. The first-order valence-electron chi connectivity index (χ1n) is 5.71. The van der Waals surface area contributed by atoms with Gasteiger partial charge in [-0.2, -0.15) is 0 Å². The lowest BCUT2D eigenvalue weighted by atomic mass is 10.1. The number of carbonyl (C=O) groups excluding carboxylic acids is 1. The molecular formula is C13H17ClFNO2. The largest absolute Gasteiger partial charge is 0.383 e. The molecule has 0 saturated carbocycles. The Labute approximate surface area is 111 Å². The fraction of sp³-hybridized carbons (Fsp3) is 0.462. The molecule has 0 N–H and O–H groups in total. The van der Waals surface area contributed by atoms with Crippen LogP contribution in [0, 0.1) is 12.7 Å². The van der Waals surface area contributed by atoms with E-state index in [9.17, 15) is 9.18 Å². The first-order chi connectivity index (χ1) is 8.61. The average Bonchev–Trinajstić information content (AvgIpc) is 2.37. The molecule has 1 amide bonds. The van der Waals surface area contributed by atoms with Gasteiger partial charge in [0.05, 0.1) is 12.2 Å². The molecule has 1 rings (SSSR count). The van der Waals surface area contributed by atoms with E-state index in [2.05, 4.69) is 0 Å². The summed E-state index contributed by atoms with van der Waals surface area (Å²) in [6.07, 6.45) is 0. The van der Waals surface area contributed by atoms with Crippen LogP contribution in [0.2, 0.25) is 0 Å². The van der Waals surface area contributed by atoms with Gasteiger partial charge < -0.3 is 9.64 Å². The lowest BCUT2D eigenvalue weighted by molar-refractivity contribution is 0.0703. The molecule has 0 bridgehead atoms. The number of ether oxygens (including phenoxy) is 1. The molecule has 5 heteroatoms. The number of halogens is 2. The Morgan fingerprint density at radius 3 is 2.78 bits per heavy atom. The molecule has 0 atom stereocenters. The summed E-state index contributed by atoms with van der Waals surface area (Å²) in [7, 11) is 1.55. The number of alkyl halides is 1. The van der Waals surface area contributed by atoms with Crippen molar-refractivity contribution in [3.8, 4) is 0 Å². The number of methoxy groups -OCH3 is 1. The van der Waals surface area contributed by atoms with E-state index in [0.29, 0.717) is 31.1 Å². The van der Waals surface area contributed by atoms with Gasteiger partial charge in [-0.3, -0.25) is 4.79 Å². The van der Waals surface area contributed by atoms with Gasteiger partial charge in [0.2, 0.25) is 0 Å². The Morgan fingerprint density at radius 2 is 2.17 bits per heavy atom. The summed E-state index contributed by atoms with van der Waals surface area (Å²) in [5.74, 6) is -0.517. The maximum atomic E-state index is 13.9. The second-order valence-electron chi connectivity index (χ2n) is 3.91. The summed E-state index contributed by atoms with van der Waals surface area (Å²) >= 11 is 5.65. The zero-order valence-electron chi connectivity index (χ0n) is 10.6. The Kier molecular flexibility index (Phi) is 6.09. The highest BCUT2D eigenvalue weighted by Gasteiger charge is 2.19. The molecule has 18 heavy (non-hydrogen) atoms. The fourth-order valence-corrected chi connectivity index (χ4v) is 1.81. The van der Waals surface area contributed by atoms with E-state index in [4.69, 9.17) is 16.3 Å². The molecule has 0 fully saturated rings. The maximum Gasteiger partial charge on any atom is 0.256 e. The third-order valence-electron chi connectivity index (χ3n) is 2.63. The molecule has 0 aliphatic rings. The van der Waals surface area contributed by atoms with E-state index in [1.165, 1.54) is 11.0 Å². The molecule has 0 aliphatic carbocycles. The molecule has 100 valence electrons. The van der Waals surface area contributed by atoms with Crippen LogP contribution in [0.1, 0.15) is 15.9 Å². The molecule has 1 aromatic carbocycles. The van der Waals surface area contributed by atoms with Gasteiger partial charge in [-0.25, -0.2) is 4.39 Å². The van der Waals surface area contributed by atoms with Gasteiger partial charge in [-0.1, -0.05) is 12.1 Å². The average molecular weight is 274 g/mol. The van der Waals surface area contributed by atoms with Crippen molar-refractivity contribution < 1.29 is 13.9 Å². The van der Waals surface area contributed by atoms with Crippen LogP contribution in [0.25, 0.3) is 0 Å². The molecule has 0 unspecified atom stereocenters. The number of nitrogens with zero attached hydrogens (tertiary/aromatic N) is 1. The Balaban J connectivity index is 2.90. The summed E-state index contributed by atoms with van der Waals surface area (Å²) in [5, 5.41) is 0. The maximum absolute atomic E-state index is 13.9. The molecule has 0 radical (unpaired) electrons. The molecule has 1 aromatic rings. The van der Waals surface area contributed by atoms with Crippen molar-refractivity contribution in [3.05, 3.63) is 35.1 Å². The van der Waals surface area contributed by atoms with Gasteiger partial charge in [0, 0.05) is 26.1 Å². The van der Waals surface area contributed by atoms with Crippen molar-refractivity contribution in [2.24, 2.45) is 0 Å².